The number of methoxy groups -OCH3 is 1. The summed E-state index contributed by atoms with van der Waals surface area (Å²) in [7, 11) is 1.06. The average molecular weight is 389 g/mol. The molecule has 2 aromatic carbocycles. The monoisotopic (exact) mass is 389 g/mol. The van der Waals surface area contributed by atoms with Gasteiger partial charge in [-0.15, -0.1) is 0 Å². The molecule has 2 amide bonds. The van der Waals surface area contributed by atoms with Crippen molar-refractivity contribution in [1.29, 1.82) is 0 Å². The second-order valence-corrected chi connectivity index (χ2v) is 8.34. The van der Waals surface area contributed by atoms with Crippen LogP contribution in [-0.2, 0) is 10.0 Å². The highest BCUT2D eigenvalue weighted by atomic mass is 32.2. The van der Waals surface area contributed by atoms with E-state index in [1.54, 1.807) is 31.1 Å². The molecule has 1 saturated heterocycles. The lowest BCUT2D eigenvalue weighted by atomic mass is 10.1. The zero-order valence-corrected chi connectivity index (χ0v) is 16.4. The number of urea groups is 1. The van der Waals surface area contributed by atoms with E-state index in [0.717, 1.165) is 5.56 Å². The van der Waals surface area contributed by atoms with E-state index in [9.17, 15) is 13.2 Å². The first-order valence-electron chi connectivity index (χ1n) is 8.55. The quantitative estimate of drug-likeness (QED) is 0.805. The van der Waals surface area contributed by atoms with Crippen molar-refractivity contribution in [3.63, 3.8) is 0 Å². The third kappa shape index (κ3) is 3.63. The molecule has 1 fully saturated rings. The molecule has 0 aliphatic carbocycles. The van der Waals surface area contributed by atoms with Crippen LogP contribution in [0.25, 0.3) is 0 Å². The van der Waals surface area contributed by atoms with Crippen LogP contribution in [0.15, 0.2) is 59.5 Å². The maximum Gasteiger partial charge on any atom is 0.321 e. The lowest BCUT2D eigenvalue weighted by Crippen LogP contribution is -2.42. The van der Waals surface area contributed by atoms with Crippen molar-refractivity contribution in [2.45, 2.75) is 11.1 Å². The van der Waals surface area contributed by atoms with E-state index in [1.165, 1.54) is 28.4 Å². The topological polar surface area (TPSA) is 70.2 Å². The Morgan fingerprint density at radius 2 is 1.67 bits per heavy atom. The van der Waals surface area contributed by atoms with Gasteiger partial charge >= 0.3 is 6.03 Å². The van der Waals surface area contributed by atoms with Gasteiger partial charge in [0, 0.05) is 27.2 Å². The highest BCUT2D eigenvalue weighted by molar-refractivity contribution is 7.89. The second kappa shape index (κ2) is 7.58. The van der Waals surface area contributed by atoms with Crippen molar-refractivity contribution >= 4 is 16.1 Å². The summed E-state index contributed by atoms with van der Waals surface area (Å²) in [5.41, 5.74) is 0.752. The number of sulfonamides is 1. The third-order valence-corrected chi connectivity index (χ3v) is 6.39. The number of carbonyl (C=O) groups excluding carboxylic acids is 1. The highest BCUT2D eigenvalue weighted by Gasteiger charge is 2.43. The Kier molecular flexibility index (Phi) is 5.38. The maximum absolute atomic E-state index is 13.3. The SMILES string of the molecule is COc1ccc(S(=O)(=O)N2CCN(C(=O)N(C)C)C2c2ccccc2)cc1. The fourth-order valence-corrected chi connectivity index (χ4v) is 4.74. The van der Waals surface area contributed by atoms with E-state index in [4.69, 9.17) is 4.74 Å². The lowest BCUT2D eigenvalue weighted by molar-refractivity contribution is 0.151. The van der Waals surface area contributed by atoms with E-state index in [0.29, 0.717) is 12.3 Å². The highest BCUT2D eigenvalue weighted by Crippen LogP contribution is 2.35. The van der Waals surface area contributed by atoms with Crippen LogP contribution in [0.2, 0.25) is 0 Å². The first kappa shape index (κ1) is 19.2. The number of carbonyl (C=O) groups is 1. The molecule has 0 aromatic heterocycles. The van der Waals surface area contributed by atoms with E-state index in [2.05, 4.69) is 0 Å². The van der Waals surface area contributed by atoms with Gasteiger partial charge in [0.25, 0.3) is 0 Å². The Bertz CT molecular complexity index is 898. The first-order chi connectivity index (χ1) is 12.9. The van der Waals surface area contributed by atoms with Crippen LogP contribution in [0.1, 0.15) is 11.7 Å². The van der Waals surface area contributed by atoms with Crippen molar-refractivity contribution in [1.82, 2.24) is 14.1 Å². The molecular weight excluding hydrogens is 366 g/mol. The lowest BCUT2D eigenvalue weighted by Gasteiger charge is -2.31. The zero-order valence-electron chi connectivity index (χ0n) is 15.6. The molecule has 1 heterocycles. The number of hydrogen-bond acceptors (Lipinski definition) is 4. The fraction of sp³-hybridized carbons (Fsp3) is 0.316. The van der Waals surface area contributed by atoms with Crippen molar-refractivity contribution in [2.75, 3.05) is 34.3 Å². The third-order valence-electron chi connectivity index (χ3n) is 4.52. The fourth-order valence-electron chi connectivity index (χ4n) is 3.17. The van der Waals surface area contributed by atoms with Crippen LogP contribution in [-0.4, -0.2) is 62.8 Å². The Balaban J connectivity index is 2.03. The molecule has 7 nitrogen and oxygen atoms in total. The zero-order chi connectivity index (χ0) is 19.6. The van der Waals surface area contributed by atoms with Gasteiger partial charge in [-0.3, -0.25) is 0 Å². The molecule has 27 heavy (non-hydrogen) atoms. The molecule has 2 aromatic rings. The molecule has 1 atom stereocenters. The molecule has 0 radical (unpaired) electrons. The molecule has 0 spiro atoms. The number of nitrogens with zero attached hydrogens (tertiary/aromatic N) is 3. The molecule has 3 rings (SSSR count). The minimum Gasteiger partial charge on any atom is -0.497 e. The normalized spacial score (nSPS) is 17.7. The van der Waals surface area contributed by atoms with Gasteiger partial charge in [0.1, 0.15) is 11.9 Å². The van der Waals surface area contributed by atoms with Gasteiger partial charge in [-0.1, -0.05) is 30.3 Å². The summed E-state index contributed by atoms with van der Waals surface area (Å²) in [4.78, 5) is 15.8. The number of hydrogen-bond donors (Lipinski definition) is 0. The van der Waals surface area contributed by atoms with Gasteiger partial charge in [-0.25, -0.2) is 13.2 Å². The maximum atomic E-state index is 13.3. The van der Waals surface area contributed by atoms with Crippen LogP contribution >= 0.6 is 0 Å². The average Bonchev–Trinajstić information content (AvgIpc) is 3.13. The van der Waals surface area contributed by atoms with Gasteiger partial charge in [-0.05, 0) is 29.8 Å². The summed E-state index contributed by atoms with van der Waals surface area (Å²) >= 11 is 0. The second-order valence-electron chi connectivity index (χ2n) is 6.45. The Morgan fingerprint density at radius 3 is 2.22 bits per heavy atom. The molecule has 1 aliphatic rings. The van der Waals surface area contributed by atoms with E-state index in [-0.39, 0.29) is 17.5 Å². The number of amides is 2. The molecule has 1 unspecified atom stereocenters. The van der Waals surface area contributed by atoms with Gasteiger partial charge in [0.15, 0.2) is 0 Å². The van der Waals surface area contributed by atoms with Crippen LogP contribution < -0.4 is 4.74 Å². The largest absolute Gasteiger partial charge is 0.497 e. The van der Waals surface area contributed by atoms with Gasteiger partial charge in [0.05, 0.1) is 12.0 Å². The summed E-state index contributed by atoms with van der Waals surface area (Å²) in [5.74, 6) is 0.583. The van der Waals surface area contributed by atoms with Crippen LogP contribution in [0, 0.1) is 0 Å². The van der Waals surface area contributed by atoms with E-state index < -0.39 is 16.2 Å². The first-order valence-corrected chi connectivity index (χ1v) is 9.99. The van der Waals surface area contributed by atoms with Crippen molar-refractivity contribution < 1.29 is 17.9 Å². The molecular formula is C19H23N3O4S. The Labute approximate surface area is 159 Å². The van der Waals surface area contributed by atoms with Crippen molar-refractivity contribution in [3.05, 3.63) is 60.2 Å². The summed E-state index contributed by atoms with van der Waals surface area (Å²) in [6.45, 7) is 0.555. The van der Waals surface area contributed by atoms with Gasteiger partial charge in [-0.2, -0.15) is 4.31 Å². The molecule has 1 aliphatic heterocycles. The number of rotatable bonds is 4. The van der Waals surface area contributed by atoms with Gasteiger partial charge in [0.2, 0.25) is 10.0 Å². The van der Waals surface area contributed by atoms with E-state index >= 15 is 0 Å². The molecule has 8 heteroatoms. The predicted molar refractivity (Wildman–Crippen MR) is 102 cm³/mol. The summed E-state index contributed by atoms with van der Waals surface area (Å²) in [6, 6.07) is 15.3. The smallest absolute Gasteiger partial charge is 0.321 e. The predicted octanol–water partition coefficient (Wildman–Crippen LogP) is 2.38. The molecule has 144 valence electrons. The van der Waals surface area contributed by atoms with Crippen LogP contribution in [0.3, 0.4) is 0 Å². The van der Waals surface area contributed by atoms with Crippen molar-refractivity contribution in [2.24, 2.45) is 0 Å². The Hall–Kier alpha value is -2.58. The Morgan fingerprint density at radius 1 is 1.04 bits per heavy atom. The number of ether oxygens (including phenoxy) is 1. The standard InChI is InChI=1S/C19H23N3O4S/c1-20(2)19(23)21-13-14-22(18(21)15-7-5-4-6-8-15)27(24,25)17-11-9-16(26-3)10-12-17/h4-12,18H,13-14H2,1-3H3. The minimum absolute atomic E-state index is 0.170. The molecule has 0 N–H and O–H groups in total. The van der Waals surface area contributed by atoms with Crippen LogP contribution in [0.4, 0.5) is 4.79 Å². The molecule has 0 bridgehead atoms. The summed E-state index contributed by atoms with van der Waals surface area (Å²) in [6.07, 6.45) is -0.687. The molecule has 0 saturated carbocycles. The van der Waals surface area contributed by atoms with Crippen molar-refractivity contribution in [3.8, 4) is 5.75 Å². The van der Waals surface area contributed by atoms with Crippen LogP contribution in [0.5, 0.6) is 5.75 Å². The van der Waals surface area contributed by atoms with E-state index in [1.807, 2.05) is 30.3 Å². The minimum atomic E-state index is -3.79. The van der Waals surface area contributed by atoms with Gasteiger partial charge < -0.3 is 14.5 Å². The number of benzene rings is 2. The summed E-state index contributed by atoms with van der Waals surface area (Å²) < 4.78 is 33.1. The summed E-state index contributed by atoms with van der Waals surface area (Å²) in [5, 5.41) is 0.